The van der Waals surface area contributed by atoms with Gasteiger partial charge < -0.3 is 10.0 Å². The molecule has 1 N–H and O–H groups in total. The number of hydrogen-bond acceptors (Lipinski definition) is 2. The van der Waals surface area contributed by atoms with E-state index in [1.165, 1.54) is 6.08 Å². The van der Waals surface area contributed by atoms with Gasteiger partial charge in [0.2, 0.25) is 0 Å². The third-order valence-electron chi connectivity index (χ3n) is 2.60. The monoisotopic (exact) mass is 287 g/mol. The lowest BCUT2D eigenvalue weighted by Crippen LogP contribution is -2.24. The summed E-state index contributed by atoms with van der Waals surface area (Å²) >= 11 is 0. The van der Waals surface area contributed by atoms with Crippen molar-refractivity contribution in [2.45, 2.75) is 19.1 Å². The predicted octanol–water partition coefficient (Wildman–Crippen LogP) is 3.17. The zero-order valence-corrected chi connectivity index (χ0v) is 11.0. The van der Waals surface area contributed by atoms with E-state index in [1.807, 2.05) is 0 Å². The minimum atomic E-state index is -4.15. The second-order valence-corrected chi connectivity index (χ2v) is 4.52. The first-order valence-corrected chi connectivity index (χ1v) is 6.01. The molecule has 1 aromatic rings. The van der Waals surface area contributed by atoms with Gasteiger partial charge in [0.05, 0.1) is 6.42 Å². The van der Waals surface area contributed by atoms with Crippen LogP contribution in [-0.4, -0.2) is 35.7 Å². The molecule has 0 saturated heterocycles. The molecule has 1 rings (SSSR count). The van der Waals surface area contributed by atoms with Crippen molar-refractivity contribution < 1.29 is 23.1 Å². The summed E-state index contributed by atoms with van der Waals surface area (Å²) in [5, 5.41) is 8.53. The van der Waals surface area contributed by atoms with Gasteiger partial charge in [-0.15, -0.1) is 0 Å². The number of nitrogens with zero attached hydrogens (tertiary/aromatic N) is 1. The smallest absolute Gasteiger partial charge is 0.390 e. The van der Waals surface area contributed by atoms with Crippen molar-refractivity contribution in [1.29, 1.82) is 0 Å². The van der Waals surface area contributed by atoms with Crippen LogP contribution >= 0.6 is 0 Å². The number of rotatable bonds is 6. The molecule has 0 saturated carbocycles. The van der Waals surface area contributed by atoms with Gasteiger partial charge >= 0.3 is 12.1 Å². The number of hydrogen-bond donors (Lipinski definition) is 1. The van der Waals surface area contributed by atoms with Crippen molar-refractivity contribution in [2.75, 3.05) is 13.6 Å². The van der Waals surface area contributed by atoms with E-state index in [9.17, 15) is 18.0 Å². The van der Waals surface area contributed by atoms with Gasteiger partial charge in [0.25, 0.3) is 0 Å². The quantitative estimate of drug-likeness (QED) is 0.817. The van der Waals surface area contributed by atoms with E-state index in [-0.39, 0.29) is 6.54 Å². The molecule has 6 heteroatoms. The van der Waals surface area contributed by atoms with E-state index in [4.69, 9.17) is 5.11 Å². The standard InChI is InChI=1S/C14H16F3NO2/c1-18(8-7-14(15,16)17)10-12-4-2-3-11(9-12)5-6-13(19)20/h2-6,9H,7-8,10H2,1H3,(H,19,20). The van der Waals surface area contributed by atoms with Crippen LogP contribution in [0.25, 0.3) is 6.08 Å². The summed E-state index contributed by atoms with van der Waals surface area (Å²) < 4.78 is 36.3. The lowest BCUT2D eigenvalue weighted by Gasteiger charge is -2.17. The Hall–Kier alpha value is -1.82. The highest BCUT2D eigenvalue weighted by Crippen LogP contribution is 2.20. The van der Waals surface area contributed by atoms with Gasteiger partial charge in [-0.1, -0.05) is 24.3 Å². The second-order valence-electron chi connectivity index (χ2n) is 4.52. The van der Waals surface area contributed by atoms with Crippen LogP contribution in [0.4, 0.5) is 13.2 Å². The molecule has 0 heterocycles. The predicted molar refractivity (Wildman–Crippen MR) is 70.1 cm³/mol. The van der Waals surface area contributed by atoms with Crippen molar-refractivity contribution in [3.8, 4) is 0 Å². The van der Waals surface area contributed by atoms with Gasteiger partial charge in [0, 0.05) is 19.2 Å². The fourth-order valence-corrected chi connectivity index (χ4v) is 1.67. The van der Waals surface area contributed by atoms with Crippen LogP contribution < -0.4 is 0 Å². The van der Waals surface area contributed by atoms with Crippen molar-refractivity contribution in [2.24, 2.45) is 0 Å². The first-order chi connectivity index (χ1) is 9.26. The highest BCUT2D eigenvalue weighted by atomic mass is 19.4. The molecule has 0 radical (unpaired) electrons. The topological polar surface area (TPSA) is 40.5 Å². The van der Waals surface area contributed by atoms with E-state index in [2.05, 4.69) is 0 Å². The summed E-state index contributed by atoms with van der Waals surface area (Å²) in [6.45, 7) is 0.309. The molecule has 1 aromatic carbocycles. The third kappa shape index (κ3) is 6.94. The molecule has 0 atom stereocenters. The molecular weight excluding hydrogens is 271 g/mol. The highest BCUT2D eigenvalue weighted by Gasteiger charge is 2.26. The zero-order valence-electron chi connectivity index (χ0n) is 11.0. The number of aliphatic carboxylic acids is 1. The summed E-state index contributed by atoms with van der Waals surface area (Å²) in [7, 11) is 1.62. The number of halogens is 3. The first kappa shape index (κ1) is 16.2. The molecule has 0 aliphatic heterocycles. The van der Waals surface area contributed by atoms with Crippen molar-refractivity contribution in [1.82, 2.24) is 4.90 Å². The molecule has 20 heavy (non-hydrogen) atoms. The number of benzene rings is 1. The minimum absolute atomic E-state index is 0.0707. The van der Waals surface area contributed by atoms with Gasteiger partial charge in [-0.25, -0.2) is 4.79 Å². The van der Waals surface area contributed by atoms with E-state index >= 15 is 0 Å². The van der Waals surface area contributed by atoms with Crippen molar-refractivity contribution in [3.63, 3.8) is 0 Å². The fraction of sp³-hybridized carbons (Fsp3) is 0.357. The van der Waals surface area contributed by atoms with Gasteiger partial charge in [-0.05, 0) is 24.3 Å². The van der Waals surface area contributed by atoms with Crippen LogP contribution in [0.1, 0.15) is 17.5 Å². The molecule has 0 aromatic heterocycles. The number of carboxylic acids is 1. The van der Waals surface area contributed by atoms with E-state index in [1.54, 1.807) is 36.2 Å². The second kappa shape index (κ2) is 7.09. The normalized spacial score (nSPS) is 12.2. The Balaban J connectivity index is 2.59. The van der Waals surface area contributed by atoms with Gasteiger partial charge in [-0.2, -0.15) is 13.2 Å². The van der Waals surface area contributed by atoms with Gasteiger partial charge in [-0.3, -0.25) is 0 Å². The largest absolute Gasteiger partial charge is 0.478 e. The van der Waals surface area contributed by atoms with E-state index in [0.717, 1.165) is 11.6 Å². The number of carboxylic acid groups (broad SMARTS) is 1. The average molecular weight is 287 g/mol. The lowest BCUT2D eigenvalue weighted by molar-refractivity contribution is -0.137. The molecule has 0 unspecified atom stereocenters. The van der Waals surface area contributed by atoms with Crippen molar-refractivity contribution in [3.05, 3.63) is 41.5 Å². The van der Waals surface area contributed by atoms with Crippen LogP contribution in [-0.2, 0) is 11.3 Å². The van der Waals surface area contributed by atoms with Gasteiger partial charge in [0.15, 0.2) is 0 Å². The number of alkyl halides is 3. The molecule has 0 bridgehead atoms. The maximum Gasteiger partial charge on any atom is 0.390 e. The molecule has 110 valence electrons. The summed E-state index contributed by atoms with van der Waals surface area (Å²) in [5.74, 6) is -1.04. The summed E-state index contributed by atoms with van der Waals surface area (Å²) in [6.07, 6.45) is -2.53. The molecule has 0 aliphatic rings. The maximum atomic E-state index is 12.1. The first-order valence-electron chi connectivity index (χ1n) is 6.01. The number of carbonyl (C=O) groups is 1. The Morgan fingerprint density at radius 1 is 1.40 bits per heavy atom. The highest BCUT2D eigenvalue weighted by molar-refractivity contribution is 5.85. The molecule has 0 spiro atoms. The van der Waals surface area contributed by atoms with Gasteiger partial charge in [0.1, 0.15) is 0 Å². The summed E-state index contributed by atoms with van der Waals surface area (Å²) in [6, 6.07) is 7.03. The summed E-state index contributed by atoms with van der Waals surface area (Å²) in [4.78, 5) is 12.0. The third-order valence-corrected chi connectivity index (χ3v) is 2.60. The van der Waals surface area contributed by atoms with Crippen LogP contribution in [0.15, 0.2) is 30.3 Å². The minimum Gasteiger partial charge on any atom is -0.478 e. The van der Waals surface area contributed by atoms with Crippen molar-refractivity contribution >= 4 is 12.0 Å². The van der Waals surface area contributed by atoms with Crippen LogP contribution in [0, 0.1) is 0 Å². The Bertz CT molecular complexity index is 484. The lowest BCUT2D eigenvalue weighted by atomic mass is 10.1. The fourth-order valence-electron chi connectivity index (χ4n) is 1.67. The molecule has 0 aliphatic carbocycles. The Kier molecular flexibility index (Phi) is 5.76. The van der Waals surface area contributed by atoms with Crippen LogP contribution in [0.3, 0.4) is 0 Å². The molecule has 3 nitrogen and oxygen atoms in total. The van der Waals surface area contributed by atoms with E-state index < -0.39 is 18.6 Å². The molecular formula is C14H16F3NO2. The Morgan fingerprint density at radius 3 is 2.70 bits per heavy atom. The SMILES string of the molecule is CN(CCC(F)(F)F)Cc1cccc(C=CC(=O)O)c1. The zero-order chi connectivity index (χ0) is 15.2. The van der Waals surface area contributed by atoms with E-state index in [0.29, 0.717) is 12.1 Å². The van der Waals surface area contributed by atoms with Crippen LogP contribution in [0.2, 0.25) is 0 Å². The van der Waals surface area contributed by atoms with Crippen LogP contribution in [0.5, 0.6) is 0 Å². The average Bonchev–Trinajstić information content (AvgIpc) is 2.34. The summed E-state index contributed by atoms with van der Waals surface area (Å²) in [5.41, 5.74) is 1.54. The Labute approximate surface area is 115 Å². The Morgan fingerprint density at radius 2 is 2.10 bits per heavy atom. The maximum absolute atomic E-state index is 12.1. The molecule has 0 amide bonds. The molecule has 0 fully saturated rings.